The van der Waals surface area contributed by atoms with Crippen LogP contribution in [-0.2, 0) is 13.0 Å². The van der Waals surface area contributed by atoms with Gasteiger partial charge in [0.1, 0.15) is 5.76 Å². The quantitative estimate of drug-likeness (QED) is 0.479. The zero-order valence-corrected chi connectivity index (χ0v) is 9.70. The first-order valence-electron chi connectivity index (χ1n) is 5.59. The average molecular weight is 247 g/mol. The molecule has 1 heterocycles. The topological polar surface area (TPSA) is 81.2 Å². The number of nitro groups is 1. The zero-order valence-electron chi connectivity index (χ0n) is 9.70. The number of nitro benzene ring substituents is 1. The van der Waals surface area contributed by atoms with Gasteiger partial charge >= 0.3 is 0 Å². The SMILES string of the molecule is O=[N+]([O-])c1ccc(CCNCc2ccno2)cc1. The summed E-state index contributed by atoms with van der Waals surface area (Å²) in [5.74, 6) is 0.790. The highest BCUT2D eigenvalue weighted by Crippen LogP contribution is 2.11. The summed E-state index contributed by atoms with van der Waals surface area (Å²) in [5.41, 5.74) is 1.18. The highest BCUT2D eigenvalue weighted by molar-refractivity contribution is 5.32. The van der Waals surface area contributed by atoms with E-state index in [-0.39, 0.29) is 5.69 Å². The van der Waals surface area contributed by atoms with Crippen LogP contribution in [0.4, 0.5) is 5.69 Å². The first kappa shape index (κ1) is 12.3. The third kappa shape index (κ3) is 3.39. The molecule has 18 heavy (non-hydrogen) atoms. The van der Waals surface area contributed by atoms with E-state index in [9.17, 15) is 10.1 Å². The van der Waals surface area contributed by atoms with Crippen LogP contribution in [0, 0.1) is 10.1 Å². The van der Waals surface area contributed by atoms with Crippen LogP contribution in [0.5, 0.6) is 0 Å². The Morgan fingerprint density at radius 3 is 2.67 bits per heavy atom. The molecule has 2 aromatic rings. The molecule has 0 saturated carbocycles. The Kier molecular flexibility index (Phi) is 4.03. The van der Waals surface area contributed by atoms with Crippen LogP contribution < -0.4 is 5.32 Å². The number of rotatable bonds is 6. The molecule has 0 atom stereocenters. The van der Waals surface area contributed by atoms with Crippen molar-refractivity contribution < 1.29 is 9.45 Å². The van der Waals surface area contributed by atoms with Crippen molar-refractivity contribution in [3.05, 3.63) is 58.0 Å². The molecule has 0 amide bonds. The van der Waals surface area contributed by atoms with E-state index in [1.807, 2.05) is 0 Å². The van der Waals surface area contributed by atoms with Crippen LogP contribution in [-0.4, -0.2) is 16.6 Å². The molecule has 0 aliphatic carbocycles. The molecule has 6 heteroatoms. The fourth-order valence-electron chi connectivity index (χ4n) is 1.56. The predicted molar refractivity (Wildman–Crippen MR) is 65.0 cm³/mol. The van der Waals surface area contributed by atoms with E-state index in [1.165, 1.54) is 12.1 Å². The Morgan fingerprint density at radius 2 is 2.06 bits per heavy atom. The second kappa shape index (κ2) is 5.92. The third-order valence-corrected chi connectivity index (χ3v) is 2.53. The summed E-state index contributed by atoms with van der Waals surface area (Å²) in [4.78, 5) is 10.1. The van der Waals surface area contributed by atoms with Gasteiger partial charge in [0.05, 0.1) is 17.7 Å². The number of non-ortho nitro benzene ring substituents is 1. The van der Waals surface area contributed by atoms with Gasteiger partial charge in [-0.25, -0.2) is 0 Å². The number of nitrogens with one attached hydrogen (secondary N) is 1. The second-order valence-corrected chi connectivity index (χ2v) is 3.83. The van der Waals surface area contributed by atoms with Crippen LogP contribution in [0.15, 0.2) is 41.1 Å². The number of benzene rings is 1. The molecule has 2 rings (SSSR count). The van der Waals surface area contributed by atoms with Gasteiger partial charge in [0.15, 0.2) is 0 Å². The molecule has 94 valence electrons. The standard InChI is InChI=1S/C12H13N3O3/c16-15(17)11-3-1-10(2-4-11)5-7-13-9-12-6-8-14-18-12/h1-4,6,8,13H,5,7,9H2. The number of hydrogen-bond donors (Lipinski definition) is 1. The van der Waals surface area contributed by atoms with E-state index in [2.05, 4.69) is 10.5 Å². The normalized spacial score (nSPS) is 10.4. The largest absolute Gasteiger partial charge is 0.360 e. The van der Waals surface area contributed by atoms with Crippen molar-refractivity contribution in [1.29, 1.82) is 0 Å². The first-order chi connectivity index (χ1) is 8.75. The van der Waals surface area contributed by atoms with Crippen molar-refractivity contribution in [2.24, 2.45) is 0 Å². The van der Waals surface area contributed by atoms with E-state index in [1.54, 1.807) is 24.4 Å². The molecule has 1 aromatic heterocycles. The van der Waals surface area contributed by atoms with Crippen molar-refractivity contribution in [3.63, 3.8) is 0 Å². The highest BCUT2D eigenvalue weighted by Gasteiger charge is 2.03. The zero-order chi connectivity index (χ0) is 12.8. The molecule has 0 fully saturated rings. The summed E-state index contributed by atoms with van der Waals surface area (Å²) in [5, 5.41) is 17.3. The minimum atomic E-state index is -0.397. The molecule has 0 aliphatic heterocycles. The molecule has 0 unspecified atom stereocenters. The lowest BCUT2D eigenvalue weighted by atomic mass is 10.1. The summed E-state index contributed by atoms with van der Waals surface area (Å²) >= 11 is 0. The van der Waals surface area contributed by atoms with Crippen molar-refractivity contribution in [2.45, 2.75) is 13.0 Å². The van der Waals surface area contributed by atoms with Gasteiger partial charge in [0.2, 0.25) is 0 Å². The van der Waals surface area contributed by atoms with Gasteiger partial charge in [-0.05, 0) is 18.5 Å². The van der Waals surface area contributed by atoms with Gasteiger partial charge in [-0.2, -0.15) is 0 Å². The van der Waals surface area contributed by atoms with Crippen molar-refractivity contribution >= 4 is 5.69 Å². The molecule has 1 aromatic carbocycles. The number of hydrogen-bond acceptors (Lipinski definition) is 5. The van der Waals surface area contributed by atoms with Crippen molar-refractivity contribution in [3.8, 4) is 0 Å². The predicted octanol–water partition coefficient (Wildman–Crippen LogP) is 1.92. The van der Waals surface area contributed by atoms with Crippen LogP contribution >= 0.6 is 0 Å². The maximum absolute atomic E-state index is 10.5. The van der Waals surface area contributed by atoms with Gasteiger partial charge in [-0.3, -0.25) is 10.1 Å². The fourth-order valence-corrected chi connectivity index (χ4v) is 1.56. The smallest absolute Gasteiger partial charge is 0.269 e. The third-order valence-electron chi connectivity index (χ3n) is 2.53. The Hall–Kier alpha value is -2.21. The van der Waals surface area contributed by atoms with Crippen molar-refractivity contribution in [2.75, 3.05) is 6.54 Å². The molecule has 0 spiro atoms. The average Bonchev–Trinajstić information content (AvgIpc) is 2.88. The van der Waals surface area contributed by atoms with Crippen LogP contribution in [0.2, 0.25) is 0 Å². The lowest BCUT2D eigenvalue weighted by Crippen LogP contribution is -2.16. The van der Waals surface area contributed by atoms with E-state index in [4.69, 9.17) is 4.52 Å². The van der Waals surface area contributed by atoms with Crippen LogP contribution in [0.1, 0.15) is 11.3 Å². The summed E-state index contributed by atoms with van der Waals surface area (Å²) in [7, 11) is 0. The van der Waals surface area contributed by atoms with Gasteiger partial charge < -0.3 is 9.84 Å². The van der Waals surface area contributed by atoms with Crippen LogP contribution in [0.3, 0.4) is 0 Å². The minimum absolute atomic E-state index is 0.119. The number of aromatic nitrogens is 1. The maximum atomic E-state index is 10.5. The van der Waals surface area contributed by atoms with E-state index in [0.717, 1.165) is 24.3 Å². The highest BCUT2D eigenvalue weighted by atomic mass is 16.6. The van der Waals surface area contributed by atoms with Gasteiger partial charge in [0.25, 0.3) is 5.69 Å². The number of nitrogens with zero attached hydrogens (tertiary/aromatic N) is 2. The Bertz CT molecular complexity index is 494. The monoisotopic (exact) mass is 247 g/mol. The summed E-state index contributed by atoms with van der Waals surface area (Å²) in [6.07, 6.45) is 2.42. The Morgan fingerprint density at radius 1 is 1.28 bits per heavy atom. The second-order valence-electron chi connectivity index (χ2n) is 3.83. The maximum Gasteiger partial charge on any atom is 0.269 e. The van der Waals surface area contributed by atoms with E-state index >= 15 is 0 Å². The van der Waals surface area contributed by atoms with E-state index < -0.39 is 4.92 Å². The summed E-state index contributed by atoms with van der Waals surface area (Å²) < 4.78 is 4.94. The molecule has 0 aliphatic rings. The molecular formula is C12H13N3O3. The lowest BCUT2D eigenvalue weighted by Gasteiger charge is -2.02. The van der Waals surface area contributed by atoms with Gasteiger partial charge in [0, 0.05) is 18.2 Å². The lowest BCUT2D eigenvalue weighted by molar-refractivity contribution is -0.384. The molecule has 0 radical (unpaired) electrons. The molecule has 1 N–H and O–H groups in total. The molecule has 0 bridgehead atoms. The summed E-state index contributed by atoms with van der Waals surface area (Å²) in [6, 6.07) is 8.39. The Labute approximate surface area is 104 Å². The molecular weight excluding hydrogens is 234 g/mol. The minimum Gasteiger partial charge on any atom is -0.360 e. The molecule has 0 saturated heterocycles. The van der Waals surface area contributed by atoms with E-state index in [0.29, 0.717) is 6.54 Å². The van der Waals surface area contributed by atoms with Crippen molar-refractivity contribution in [1.82, 2.24) is 10.5 Å². The van der Waals surface area contributed by atoms with Gasteiger partial charge in [-0.1, -0.05) is 17.3 Å². The fraction of sp³-hybridized carbons (Fsp3) is 0.250. The summed E-state index contributed by atoms with van der Waals surface area (Å²) in [6.45, 7) is 1.41. The van der Waals surface area contributed by atoms with Gasteiger partial charge in [-0.15, -0.1) is 0 Å². The molecule has 6 nitrogen and oxygen atoms in total. The Balaban J connectivity index is 1.75. The van der Waals surface area contributed by atoms with Crippen LogP contribution in [0.25, 0.3) is 0 Å². The first-order valence-corrected chi connectivity index (χ1v) is 5.59.